The maximum atomic E-state index is 10.8. The summed E-state index contributed by atoms with van der Waals surface area (Å²) in [5, 5.41) is 10.6. The van der Waals surface area contributed by atoms with Crippen LogP contribution in [0.15, 0.2) is 21.6 Å². The van der Waals surface area contributed by atoms with E-state index in [2.05, 4.69) is 5.32 Å². The molecule has 0 aromatic carbocycles. The van der Waals surface area contributed by atoms with E-state index in [1.807, 2.05) is 0 Å². The maximum Gasteiger partial charge on any atom is 0.328 e. The van der Waals surface area contributed by atoms with Crippen molar-refractivity contribution in [3.63, 3.8) is 0 Å². The molecule has 2 heterocycles. The number of carboxylic acid groups (broad SMARTS) is 1. The van der Waals surface area contributed by atoms with Crippen LogP contribution in [0, 0.1) is 0 Å². The first-order chi connectivity index (χ1) is 7.88. The molecule has 2 unspecified atom stereocenters. The molecule has 0 aliphatic carbocycles. The maximum absolute atomic E-state index is 10.8. The summed E-state index contributed by atoms with van der Waals surface area (Å²) in [6, 6.07) is 1.82. The van der Waals surface area contributed by atoms with Crippen LogP contribution in [0.25, 0.3) is 0 Å². The minimum absolute atomic E-state index is 0.270. The zero-order valence-electron chi connectivity index (χ0n) is 8.36. The second kappa shape index (κ2) is 4.33. The Hall–Kier alpha value is -1.03. The largest absolute Gasteiger partial charge is 0.480 e. The molecule has 94 valence electrons. The molecular formula is C8H9NO6S2. The van der Waals surface area contributed by atoms with E-state index >= 15 is 0 Å². The van der Waals surface area contributed by atoms with Gasteiger partial charge in [-0.3, -0.25) is 14.7 Å². The van der Waals surface area contributed by atoms with Gasteiger partial charge in [-0.25, -0.2) is 0 Å². The molecule has 1 saturated heterocycles. The zero-order valence-corrected chi connectivity index (χ0v) is 9.99. The molecule has 2 atom stereocenters. The number of thioether (sulfide) groups is 1. The summed E-state index contributed by atoms with van der Waals surface area (Å²) in [6.07, 6.45) is 0. The third kappa shape index (κ3) is 2.63. The molecule has 1 fully saturated rings. The van der Waals surface area contributed by atoms with Crippen LogP contribution < -0.4 is 5.32 Å². The Morgan fingerprint density at radius 3 is 2.71 bits per heavy atom. The minimum Gasteiger partial charge on any atom is -0.480 e. The van der Waals surface area contributed by atoms with Gasteiger partial charge in [0.05, 0.1) is 0 Å². The Morgan fingerprint density at radius 2 is 2.24 bits per heavy atom. The molecule has 3 N–H and O–H groups in total. The van der Waals surface area contributed by atoms with E-state index in [-0.39, 0.29) is 5.76 Å². The fourth-order valence-corrected chi connectivity index (χ4v) is 3.01. The van der Waals surface area contributed by atoms with Crippen LogP contribution >= 0.6 is 11.8 Å². The van der Waals surface area contributed by atoms with E-state index in [0.717, 1.165) is 6.07 Å². The quantitative estimate of drug-likeness (QED) is 0.677. The second-order valence-electron chi connectivity index (χ2n) is 3.40. The molecule has 0 bridgehead atoms. The molecule has 0 amide bonds. The van der Waals surface area contributed by atoms with Crippen molar-refractivity contribution < 1.29 is 27.3 Å². The highest BCUT2D eigenvalue weighted by molar-refractivity contribution is 7.99. The highest BCUT2D eigenvalue weighted by Gasteiger charge is 2.32. The molecule has 0 radical (unpaired) electrons. The third-order valence-electron chi connectivity index (χ3n) is 2.19. The predicted molar refractivity (Wildman–Crippen MR) is 58.3 cm³/mol. The van der Waals surface area contributed by atoms with E-state index in [1.54, 1.807) is 0 Å². The van der Waals surface area contributed by atoms with Crippen LogP contribution in [0.3, 0.4) is 0 Å². The van der Waals surface area contributed by atoms with Crippen LogP contribution in [0.1, 0.15) is 11.1 Å². The molecule has 1 aliphatic heterocycles. The molecule has 7 nitrogen and oxygen atoms in total. The van der Waals surface area contributed by atoms with Crippen molar-refractivity contribution in [3.05, 3.63) is 17.9 Å². The summed E-state index contributed by atoms with van der Waals surface area (Å²) >= 11 is 1.29. The third-order valence-corrected chi connectivity index (χ3v) is 4.15. The average molecular weight is 279 g/mol. The van der Waals surface area contributed by atoms with Crippen molar-refractivity contribution in [3.8, 4) is 0 Å². The lowest BCUT2D eigenvalue weighted by atomic mass is 10.3. The number of nitrogens with one attached hydrogen (secondary N) is 1. The van der Waals surface area contributed by atoms with Gasteiger partial charge in [-0.1, -0.05) is 0 Å². The summed E-state index contributed by atoms with van der Waals surface area (Å²) in [4.78, 5) is 10.7. The van der Waals surface area contributed by atoms with Gasteiger partial charge in [0, 0.05) is 5.75 Å². The number of carboxylic acids is 1. The molecular weight excluding hydrogens is 270 g/mol. The van der Waals surface area contributed by atoms with Crippen LogP contribution in [-0.4, -0.2) is 35.8 Å². The van der Waals surface area contributed by atoms with Gasteiger partial charge >= 0.3 is 16.1 Å². The van der Waals surface area contributed by atoms with Crippen molar-refractivity contribution in [2.75, 3.05) is 5.75 Å². The molecule has 17 heavy (non-hydrogen) atoms. The van der Waals surface area contributed by atoms with Crippen molar-refractivity contribution in [2.45, 2.75) is 16.5 Å². The van der Waals surface area contributed by atoms with Crippen molar-refractivity contribution in [1.82, 2.24) is 5.32 Å². The molecule has 0 spiro atoms. The lowest BCUT2D eigenvalue weighted by Gasteiger charge is -2.07. The first-order valence-electron chi connectivity index (χ1n) is 4.55. The Morgan fingerprint density at radius 1 is 1.53 bits per heavy atom. The van der Waals surface area contributed by atoms with E-state index in [0.29, 0.717) is 5.75 Å². The normalized spacial score (nSPS) is 25.0. The fraction of sp³-hybridized carbons (Fsp3) is 0.375. The van der Waals surface area contributed by atoms with Crippen LogP contribution in [0.5, 0.6) is 0 Å². The number of aliphatic carboxylic acids is 1. The summed E-state index contributed by atoms with van der Waals surface area (Å²) in [5.41, 5.74) is 0. The molecule has 1 aromatic heterocycles. The summed E-state index contributed by atoms with van der Waals surface area (Å²) in [5.74, 6) is -0.338. The molecule has 0 saturated carbocycles. The lowest BCUT2D eigenvalue weighted by molar-refractivity contribution is -0.138. The SMILES string of the molecule is O=C(O)C1CSC(c2ccc(S(=O)(=O)O)o2)N1. The summed E-state index contributed by atoms with van der Waals surface area (Å²) in [7, 11) is -4.36. The van der Waals surface area contributed by atoms with Crippen molar-refractivity contribution in [1.29, 1.82) is 0 Å². The van der Waals surface area contributed by atoms with E-state index in [9.17, 15) is 13.2 Å². The Balaban J connectivity index is 2.15. The number of hydrogen-bond acceptors (Lipinski definition) is 6. The fourth-order valence-electron chi connectivity index (χ4n) is 1.39. The molecule has 9 heteroatoms. The van der Waals surface area contributed by atoms with E-state index < -0.39 is 32.6 Å². The van der Waals surface area contributed by atoms with Crippen molar-refractivity contribution >= 4 is 27.8 Å². The first kappa shape index (κ1) is 12.4. The standard InChI is InChI=1S/C8H9NO6S2/c10-8(11)4-3-16-7(9-4)5-1-2-6(15-5)17(12,13)14/h1-2,4,7,9H,3H2,(H,10,11)(H,12,13,14). The van der Waals surface area contributed by atoms with Gasteiger partial charge in [-0.05, 0) is 12.1 Å². The average Bonchev–Trinajstić information content (AvgIpc) is 2.85. The van der Waals surface area contributed by atoms with Gasteiger partial charge in [0.25, 0.3) is 0 Å². The van der Waals surface area contributed by atoms with Gasteiger partial charge in [-0.15, -0.1) is 11.8 Å². The van der Waals surface area contributed by atoms with Crippen molar-refractivity contribution in [2.24, 2.45) is 0 Å². The molecule has 2 rings (SSSR count). The van der Waals surface area contributed by atoms with Crippen LogP contribution in [-0.2, 0) is 14.9 Å². The van der Waals surface area contributed by atoms with E-state index in [4.69, 9.17) is 14.1 Å². The minimum atomic E-state index is -4.36. The Labute approximate surface area is 101 Å². The molecule has 1 aromatic rings. The smallest absolute Gasteiger partial charge is 0.328 e. The van der Waals surface area contributed by atoms with Gasteiger partial charge in [0.2, 0.25) is 5.09 Å². The highest BCUT2D eigenvalue weighted by atomic mass is 32.2. The van der Waals surface area contributed by atoms with Gasteiger partial charge in [0.1, 0.15) is 17.2 Å². The Kier molecular flexibility index (Phi) is 3.17. The Bertz CT molecular complexity index is 536. The van der Waals surface area contributed by atoms with Gasteiger partial charge in [0.15, 0.2) is 0 Å². The monoisotopic (exact) mass is 279 g/mol. The van der Waals surface area contributed by atoms with Gasteiger partial charge < -0.3 is 9.52 Å². The highest BCUT2D eigenvalue weighted by Crippen LogP contribution is 2.34. The van der Waals surface area contributed by atoms with Crippen LogP contribution in [0.4, 0.5) is 0 Å². The second-order valence-corrected chi connectivity index (χ2v) is 5.89. The van der Waals surface area contributed by atoms with Gasteiger partial charge in [-0.2, -0.15) is 8.42 Å². The number of carbonyl (C=O) groups is 1. The van der Waals surface area contributed by atoms with E-state index in [1.165, 1.54) is 17.8 Å². The summed E-state index contributed by atoms with van der Waals surface area (Å²) < 4.78 is 35.2. The number of furan rings is 1. The first-order valence-corrected chi connectivity index (χ1v) is 7.04. The number of hydrogen-bond donors (Lipinski definition) is 3. The number of rotatable bonds is 3. The predicted octanol–water partition coefficient (Wildman–Crippen LogP) is 0.315. The summed E-state index contributed by atoms with van der Waals surface area (Å²) in [6.45, 7) is 0. The van der Waals surface area contributed by atoms with Crippen LogP contribution in [0.2, 0.25) is 0 Å². The lowest BCUT2D eigenvalue weighted by Crippen LogP contribution is -2.33. The molecule has 1 aliphatic rings. The topological polar surface area (TPSA) is 117 Å². The zero-order chi connectivity index (χ0) is 12.6.